The largest absolute Gasteiger partial charge is 0.398 e. The van der Waals surface area contributed by atoms with Crippen molar-refractivity contribution in [2.75, 3.05) is 17.6 Å². The van der Waals surface area contributed by atoms with Gasteiger partial charge in [0, 0.05) is 35.4 Å². The van der Waals surface area contributed by atoms with Crippen LogP contribution in [0.2, 0.25) is 0 Å². The Balaban J connectivity index is 1.37. The molecule has 8 heteroatoms. The minimum Gasteiger partial charge on any atom is -0.398 e. The van der Waals surface area contributed by atoms with Crippen molar-refractivity contribution in [1.29, 1.82) is 5.41 Å². The summed E-state index contributed by atoms with van der Waals surface area (Å²) < 4.78 is 1.64. The summed E-state index contributed by atoms with van der Waals surface area (Å²) in [5, 5.41) is 14.3. The minimum atomic E-state index is -0.333. The molecule has 8 nitrogen and oxygen atoms in total. The summed E-state index contributed by atoms with van der Waals surface area (Å²) in [7, 11) is 0. The van der Waals surface area contributed by atoms with Crippen molar-refractivity contribution >= 4 is 28.7 Å². The van der Waals surface area contributed by atoms with Crippen molar-refractivity contribution in [3.8, 4) is 0 Å². The molecule has 0 saturated carbocycles. The van der Waals surface area contributed by atoms with E-state index in [1.165, 1.54) is 12.3 Å². The van der Waals surface area contributed by atoms with Gasteiger partial charge in [-0.05, 0) is 48.9 Å². The molecule has 0 aliphatic rings. The molecule has 4 rings (SSSR count). The Bertz CT molecular complexity index is 1430. The number of carbonyl (C=O) groups is 1. The Morgan fingerprint density at radius 3 is 2.60 bits per heavy atom. The van der Waals surface area contributed by atoms with E-state index in [-0.39, 0.29) is 23.7 Å². The highest BCUT2D eigenvalue weighted by molar-refractivity contribution is 6.06. The topological polar surface area (TPSA) is 126 Å². The van der Waals surface area contributed by atoms with Crippen molar-refractivity contribution in [3.63, 3.8) is 0 Å². The van der Waals surface area contributed by atoms with Gasteiger partial charge in [0.1, 0.15) is 0 Å². The third-order valence-electron chi connectivity index (χ3n) is 5.45. The van der Waals surface area contributed by atoms with E-state index in [2.05, 4.69) is 15.6 Å². The van der Waals surface area contributed by atoms with E-state index in [1.807, 2.05) is 49.4 Å². The number of nitrogens with one attached hydrogen (secondary N) is 3. The number of aromatic nitrogens is 2. The standard InChI is InChI=1S/C27H26N6O2/c1-18-5-10-24(28)23(12-18)25(29)16-31-27(35)20-13-22(15-30-14-20)32-21-8-6-19(7-9-21)17-33-11-3-2-4-26(33)34/h2-15,29,32H,16-17,28H2,1H3,(H,31,35). The highest BCUT2D eigenvalue weighted by Gasteiger charge is 2.11. The van der Waals surface area contributed by atoms with Gasteiger partial charge in [0.25, 0.3) is 11.5 Å². The van der Waals surface area contributed by atoms with Gasteiger partial charge in [-0.2, -0.15) is 0 Å². The molecule has 35 heavy (non-hydrogen) atoms. The average Bonchev–Trinajstić information content (AvgIpc) is 2.86. The summed E-state index contributed by atoms with van der Waals surface area (Å²) in [6.07, 6.45) is 4.86. The first kappa shape index (κ1) is 23.4. The summed E-state index contributed by atoms with van der Waals surface area (Å²) in [5.74, 6) is -0.333. The predicted octanol–water partition coefficient (Wildman–Crippen LogP) is 3.72. The zero-order valence-corrected chi connectivity index (χ0v) is 19.3. The van der Waals surface area contributed by atoms with Crippen LogP contribution in [0.3, 0.4) is 0 Å². The van der Waals surface area contributed by atoms with E-state index in [0.29, 0.717) is 29.0 Å². The van der Waals surface area contributed by atoms with E-state index >= 15 is 0 Å². The molecule has 5 N–H and O–H groups in total. The van der Waals surface area contributed by atoms with Crippen LogP contribution in [-0.4, -0.2) is 27.7 Å². The maximum absolute atomic E-state index is 12.6. The van der Waals surface area contributed by atoms with E-state index in [1.54, 1.807) is 35.2 Å². The van der Waals surface area contributed by atoms with E-state index < -0.39 is 0 Å². The minimum absolute atomic E-state index is 0.0478. The molecule has 0 atom stereocenters. The zero-order chi connectivity index (χ0) is 24.8. The monoisotopic (exact) mass is 466 g/mol. The lowest BCUT2D eigenvalue weighted by atomic mass is 10.0. The Kier molecular flexibility index (Phi) is 7.02. The molecule has 0 bridgehead atoms. The van der Waals surface area contributed by atoms with Crippen molar-refractivity contribution in [3.05, 3.63) is 118 Å². The molecule has 176 valence electrons. The van der Waals surface area contributed by atoms with Gasteiger partial charge < -0.3 is 26.3 Å². The lowest BCUT2D eigenvalue weighted by Crippen LogP contribution is -2.30. The Labute approximate surface area is 203 Å². The van der Waals surface area contributed by atoms with Gasteiger partial charge in [-0.25, -0.2) is 0 Å². The number of carbonyl (C=O) groups excluding carboxylic acids is 1. The molecular weight excluding hydrogens is 440 g/mol. The van der Waals surface area contributed by atoms with E-state index in [4.69, 9.17) is 11.1 Å². The average molecular weight is 467 g/mol. The molecule has 0 radical (unpaired) electrons. The van der Waals surface area contributed by atoms with E-state index in [9.17, 15) is 9.59 Å². The van der Waals surface area contributed by atoms with Crippen molar-refractivity contribution in [1.82, 2.24) is 14.9 Å². The first-order valence-electron chi connectivity index (χ1n) is 11.1. The zero-order valence-electron chi connectivity index (χ0n) is 19.3. The fourth-order valence-electron chi connectivity index (χ4n) is 3.58. The molecular formula is C27H26N6O2. The summed E-state index contributed by atoms with van der Waals surface area (Å²) >= 11 is 0. The molecule has 0 aliphatic carbocycles. The molecule has 0 saturated heterocycles. The quantitative estimate of drug-likeness (QED) is 0.233. The number of nitrogens with zero attached hydrogens (tertiary/aromatic N) is 2. The van der Waals surface area contributed by atoms with Crippen LogP contribution in [-0.2, 0) is 6.54 Å². The van der Waals surface area contributed by atoms with Crippen LogP contribution in [0.4, 0.5) is 17.1 Å². The summed E-state index contributed by atoms with van der Waals surface area (Å²) in [6.45, 7) is 2.47. The third-order valence-corrected chi connectivity index (χ3v) is 5.45. The van der Waals surface area contributed by atoms with Gasteiger partial charge in [0.2, 0.25) is 0 Å². The summed E-state index contributed by atoms with van der Waals surface area (Å²) in [4.78, 5) is 28.7. The number of aryl methyl sites for hydroxylation is 1. The van der Waals surface area contributed by atoms with Crippen LogP contribution in [0.1, 0.15) is 27.0 Å². The lowest BCUT2D eigenvalue weighted by Gasteiger charge is -2.11. The van der Waals surface area contributed by atoms with Crippen molar-refractivity contribution in [2.45, 2.75) is 13.5 Å². The molecule has 2 aromatic carbocycles. The van der Waals surface area contributed by atoms with Crippen LogP contribution in [0, 0.1) is 12.3 Å². The molecule has 4 aromatic rings. The first-order valence-corrected chi connectivity index (χ1v) is 11.1. The molecule has 0 spiro atoms. The molecule has 0 fully saturated rings. The van der Waals surface area contributed by atoms with Gasteiger partial charge in [0.05, 0.1) is 36.2 Å². The van der Waals surface area contributed by atoms with Crippen LogP contribution >= 0.6 is 0 Å². The second-order valence-corrected chi connectivity index (χ2v) is 8.20. The molecule has 2 heterocycles. The summed E-state index contributed by atoms with van der Waals surface area (Å²) in [6, 6.07) is 19.9. The number of amides is 1. The van der Waals surface area contributed by atoms with Gasteiger partial charge in [-0.15, -0.1) is 0 Å². The molecule has 2 aromatic heterocycles. The van der Waals surface area contributed by atoms with E-state index in [0.717, 1.165) is 16.8 Å². The molecule has 0 aliphatic heterocycles. The first-order chi connectivity index (χ1) is 16.9. The second-order valence-electron chi connectivity index (χ2n) is 8.20. The predicted molar refractivity (Wildman–Crippen MR) is 139 cm³/mol. The number of nitrogen functional groups attached to an aromatic ring is 1. The maximum atomic E-state index is 12.6. The van der Waals surface area contributed by atoms with Crippen LogP contribution in [0.5, 0.6) is 0 Å². The SMILES string of the molecule is Cc1ccc(N)c(C(=N)CNC(=O)c2cncc(Nc3ccc(Cn4ccccc4=O)cc3)c2)c1. The number of nitrogens with two attached hydrogens (primary N) is 1. The van der Waals surface area contributed by atoms with Gasteiger partial charge in [0.15, 0.2) is 0 Å². The third kappa shape index (κ3) is 6.00. The van der Waals surface area contributed by atoms with Gasteiger partial charge >= 0.3 is 0 Å². The number of hydrogen-bond acceptors (Lipinski definition) is 6. The number of anilines is 3. The van der Waals surface area contributed by atoms with Gasteiger partial charge in [-0.1, -0.05) is 29.8 Å². The summed E-state index contributed by atoms with van der Waals surface area (Å²) in [5.41, 5.74) is 11.1. The number of benzene rings is 2. The van der Waals surface area contributed by atoms with Crippen LogP contribution in [0.25, 0.3) is 0 Å². The lowest BCUT2D eigenvalue weighted by molar-refractivity contribution is 0.0959. The number of rotatable bonds is 8. The molecule has 1 amide bonds. The maximum Gasteiger partial charge on any atom is 0.253 e. The van der Waals surface area contributed by atoms with Crippen LogP contribution in [0.15, 0.2) is 90.1 Å². The Hall–Kier alpha value is -4.72. The fraction of sp³-hybridized carbons (Fsp3) is 0.111. The Morgan fingerprint density at radius 2 is 1.83 bits per heavy atom. The second kappa shape index (κ2) is 10.5. The van der Waals surface area contributed by atoms with Crippen LogP contribution < -0.4 is 21.9 Å². The highest BCUT2D eigenvalue weighted by Crippen LogP contribution is 2.18. The normalized spacial score (nSPS) is 10.5. The van der Waals surface area contributed by atoms with Crippen molar-refractivity contribution in [2.24, 2.45) is 0 Å². The fourth-order valence-corrected chi connectivity index (χ4v) is 3.58. The molecule has 0 unspecified atom stereocenters. The highest BCUT2D eigenvalue weighted by atomic mass is 16.1. The number of pyridine rings is 2. The van der Waals surface area contributed by atoms with Gasteiger partial charge in [-0.3, -0.25) is 14.6 Å². The number of hydrogen-bond donors (Lipinski definition) is 4. The van der Waals surface area contributed by atoms with Crippen molar-refractivity contribution < 1.29 is 4.79 Å². The Morgan fingerprint density at radius 1 is 1.03 bits per heavy atom. The smallest absolute Gasteiger partial charge is 0.253 e.